The first-order chi connectivity index (χ1) is 9.06. The van der Waals surface area contributed by atoms with Gasteiger partial charge >= 0.3 is 0 Å². The van der Waals surface area contributed by atoms with Crippen LogP contribution in [0.15, 0.2) is 42.5 Å². The van der Waals surface area contributed by atoms with E-state index in [2.05, 4.69) is 5.32 Å². The fraction of sp³-hybridized carbons (Fsp3) is 0.188. The maximum absolute atomic E-state index is 12.0. The summed E-state index contributed by atoms with van der Waals surface area (Å²) in [4.78, 5) is 12.0. The molecule has 2 aromatic rings. The van der Waals surface area contributed by atoms with Crippen LogP contribution in [-0.2, 0) is 11.2 Å². The number of para-hydroxylation sites is 1. The largest absolute Gasteiger partial charge is 0.399 e. The van der Waals surface area contributed by atoms with Crippen LogP contribution in [0.2, 0.25) is 0 Å². The number of nitrogen functional groups attached to an aromatic ring is 1. The maximum Gasteiger partial charge on any atom is 0.228 e. The lowest BCUT2D eigenvalue weighted by Crippen LogP contribution is -2.16. The molecule has 0 saturated heterocycles. The molecule has 0 unspecified atom stereocenters. The molecule has 0 aliphatic carbocycles. The number of rotatable bonds is 3. The average Bonchev–Trinajstić information content (AvgIpc) is 2.34. The molecule has 0 fully saturated rings. The fourth-order valence-electron chi connectivity index (χ4n) is 2.08. The van der Waals surface area contributed by atoms with Gasteiger partial charge in [-0.3, -0.25) is 4.79 Å². The van der Waals surface area contributed by atoms with Crippen molar-refractivity contribution < 1.29 is 4.79 Å². The van der Waals surface area contributed by atoms with Gasteiger partial charge < -0.3 is 11.1 Å². The Morgan fingerprint density at radius 3 is 2.37 bits per heavy atom. The van der Waals surface area contributed by atoms with Gasteiger partial charge in [0.25, 0.3) is 0 Å². The van der Waals surface area contributed by atoms with E-state index >= 15 is 0 Å². The second kappa shape index (κ2) is 5.57. The van der Waals surface area contributed by atoms with Gasteiger partial charge in [-0.15, -0.1) is 0 Å². The molecular weight excluding hydrogens is 236 g/mol. The molecule has 0 heterocycles. The van der Waals surface area contributed by atoms with Crippen LogP contribution >= 0.6 is 0 Å². The fourth-order valence-corrected chi connectivity index (χ4v) is 2.08. The smallest absolute Gasteiger partial charge is 0.228 e. The number of amides is 1. The Morgan fingerprint density at radius 1 is 1.11 bits per heavy atom. The van der Waals surface area contributed by atoms with Gasteiger partial charge in [-0.2, -0.15) is 0 Å². The molecule has 0 radical (unpaired) electrons. The quantitative estimate of drug-likeness (QED) is 0.827. The number of hydrogen-bond donors (Lipinski definition) is 2. The third kappa shape index (κ3) is 3.35. The predicted octanol–water partition coefficient (Wildman–Crippen LogP) is 3.07. The lowest BCUT2D eigenvalue weighted by molar-refractivity contribution is -0.115. The van der Waals surface area contributed by atoms with Crippen LogP contribution < -0.4 is 11.1 Å². The van der Waals surface area contributed by atoms with Crippen molar-refractivity contribution in [1.29, 1.82) is 0 Å². The molecule has 3 nitrogen and oxygen atoms in total. The van der Waals surface area contributed by atoms with Crippen molar-refractivity contribution in [3.8, 4) is 0 Å². The molecule has 0 aromatic heterocycles. The number of nitrogens with two attached hydrogens (primary N) is 1. The highest BCUT2D eigenvalue weighted by Crippen LogP contribution is 2.19. The molecule has 0 aliphatic heterocycles. The normalized spacial score (nSPS) is 10.2. The minimum absolute atomic E-state index is 0.0250. The lowest BCUT2D eigenvalue weighted by atomic mass is 10.1. The zero-order valence-electron chi connectivity index (χ0n) is 11.2. The number of benzene rings is 2. The predicted molar refractivity (Wildman–Crippen MR) is 79.1 cm³/mol. The van der Waals surface area contributed by atoms with Crippen molar-refractivity contribution >= 4 is 17.3 Å². The van der Waals surface area contributed by atoms with E-state index in [4.69, 9.17) is 5.73 Å². The Hall–Kier alpha value is -2.29. The Bertz CT molecular complexity index is 585. The van der Waals surface area contributed by atoms with Gasteiger partial charge in [0.05, 0.1) is 6.42 Å². The van der Waals surface area contributed by atoms with Crippen molar-refractivity contribution in [2.24, 2.45) is 0 Å². The number of carbonyl (C=O) groups excluding carboxylic acids is 1. The lowest BCUT2D eigenvalue weighted by Gasteiger charge is -2.11. The van der Waals surface area contributed by atoms with E-state index in [9.17, 15) is 4.79 Å². The van der Waals surface area contributed by atoms with Gasteiger partial charge in [0.15, 0.2) is 0 Å². The minimum Gasteiger partial charge on any atom is -0.399 e. The Labute approximate surface area is 113 Å². The standard InChI is InChI=1S/C16H18N2O/c1-11-5-3-6-12(2)16(11)18-15(19)10-13-7-4-8-14(17)9-13/h3-9H,10,17H2,1-2H3,(H,18,19). The van der Waals surface area contributed by atoms with E-state index in [0.29, 0.717) is 12.1 Å². The number of hydrogen-bond acceptors (Lipinski definition) is 2. The first kappa shape index (κ1) is 13.1. The number of carbonyl (C=O) groups is 1. The second-order valence-electron chi connectivity index (χ2n) is 4.74. The molecule has 0 saturated carbocycles. The van der Waals surface area contributed by atoms with Gasteiger partial charge in [0.2, 0.25) is 5.91 Å². The van der Waals surface area contributed by atoms with E-state index in [1.54, 1.807) is 0 Å². The molecule has 1 amide bonds. The monoisotopic (exact) mass is 254 g/mol. The van der Waals surface area contributed by atoms with Gasteiger partial charge in [-0.1, -0.05) is 30.3 Å². The Morgan fingerprint density at radius 2 is 1.74 bits per heavy atom. The van der Waals surface area contributed by atoms with E-state index in [1.165, 1.54) is 0 Å². The van der Waals surface area contributed by atoms with E-state index in [1.807, 2.05) is 56.3 Å². The first-order valence-electron chi connectivity index (χ1n) is 6.27. The summed E-state index contributed by atoms with van der Waals surface area (Å²) in [7, 11) is 0. The van der Waals surface area contributed by atoms with Crippen LogP contribution in [0.25, 0.3) is 0 Å². The number of anilines is 2. The molecule has 3 heteroatoms. The molecule has 19 heavy (non-hydrogen) atoms. The summed E-state index contributed by atoms with van der Waals surface area (Å²) in [6.45, 7) is 3.98. The molecule has 0 bridgehead atoms. The Balaban J connectivity index is 2.10. The van der Waals surface area contributed by atoms with Crippen LogP contribution in [-0.4, -0.2) is 5.91 Å². The van der Waals surface area contributed by atoms with Crippen LogP contribution in [0.4, 0.5) is 11.4 Å². The van der Waals surface area contributed by atoms with Gasteiger partial charge in [-0.25, -0.2) is 0 Å². The average molecular weight is 254 g/mol. The highest BCUT2D eigenvalue weighted by molar-refractivity contribution is 5.93. The molecule has 2 rings (SSSR count). The van der Waals surface area contributed by atoms with Gasteiger partial charge in [0.1, 0.15) is 0 Å². The van der Waals surface area contributed by atoms with E-state index in [-0.39, 0.29) is 5.91 Å². The molecule has 2 aromatic carbocycles. The highest BCUT2D eigenvalue weighted by atomic mass is 16.1. The highest BCUT2D eigenvalue weighted by Gasteiger charge is 2.08. The maximum atomic E-state index is 12.0. The summed E-state index contributed by atoms with van der Waals surface area (Å²) in [5.74, 6) is -0.0250. The van der Waals surface area contributed by atoms with Gasteiger partial charge in [-0.05, 0) is 42.7 Å². The summed E-state index contributed by atoms with van der Waals surface area (Å²) in [5, 5.41) is 2.97. The number of nitrogens with one attached hydrogen (secondary N) is 1. The zero-order valence-corrected chi connectivity index (χ0v) is 11.2. The molecule has 0 spiro atoms. The first-order valence-corrected chi connectivity index (χ1v) is 6.27. The summed E-state index contributed by atoms with van der Waals surface area (Å²) < 4.78 is 0. The van der Waals surface area contributed by atoms with Crippen molar-refractivity contribution in [2.75, 3.05) is 11.1 Å². The van der Waals surface area contributed by atoms with Gasteiger partial charge in [0, 0.05) is 11.4 Å². The van der Waals surface area contributed by atoms with Crippen LogP contribution in [0.1, 0.15) is 16.7 Å². The number of aryl methyl sites for hydroxylation is 2. The van der Waals surface area contributed by atoms with Crippen molar-refractivity contribution in [1.82, 2.24) is 0 Å². The second-order valence-corrected chi connectivity index (χ2v) is 4.74. The van der Waals surface area contributed by atoms with Crippen molar-refractivity contribution in [3.63, 3.8) is 0 Å². The van der Waals surface area contributed by atoms with Crippen LogP contribution in [0, 0.1) is 13.8 Å². The van der Waals surface area contributed by atoms with Crippen molar-refractivity contribution in [2.45, 2.75) is 20.3 Å². The summed E-state index contributed by atoms with van der Waals surface area (Å²) in [6.07, 6.45) is 0.332. The van der Waals surface area contributed by atoms with Crippen LogP contribution in [0.3, 0.4) is 0 Å². The molecular formula is C16H18N2O. The van der Waals surface area contributed by atoms with E-state index in [0.717, 1.165) is 22.4 Å². The third-order valence-electron chi connectivity index (χ3n) is 3.06. The van der Waals surface area contributed by atoms with Crippen molar-refractivity contribution in [3.05, 3.63) is 59.2 Å². The van der Waals surface area contributed by atoms with E-state index < -0.39 is 0 Å². The molecule has 0 atom stereocenters. The molecule has 3 N–H and O–H groups in total. The SMILES string of the molecule is Cc1cccc(C)c1NC(=O)Cc1cccc(N)c1. The topological polar surface area (TPSA) is 55.1 Å². The zero-order chi connectivity index (χ0) is 13.8. The molecule has 0 aliphatic rings. The summed E-state index contributed by atoms with van der Waals surface area (Å²) in [6, 6.07) is 13.4. The third-order valence-corrected chi connectivity index (χ3v) is 3.06. The summed E-state index contributed by atoms with van der Waals surface area (Å²) >= 11 is 0. The minimum atomic E-state index is -0.0250. The van der Waals surface area contributed by atoms with Crippen LogP contribution in [0.5, 0.6) is 0 Å². The molecule has 98 valence electrons. The Kier molecular flexibility index (Phi) is 3.85. The summed E-state index contributed by atoms with van der Waals surface area (Å²) in [5.41, 5.74) is 10.3.